The van der Waals surface area contributed by atoms with Gasteiger partial charge in [-0.2, -0.15) is 5.10 Å². The van der Waals surface area contributed by atoms with Crippen LogP contribution >= 0.6 is 31.9 Å². The summed E-state index contributed by atoms with van der Waals surface area (Å²) in [6.07, 6.45) is 1.29. The third-order valence-electron chi connectivity index (χ3n) is 6.10. The van der Waals surface area contributed by atoms with Crippen molar-refractivity contribution >= 4 is 67.2 Å². The molecule has 4 aromatic rings. The number of ether oxygens (including phenoxy) is 3. The van der Waals surface area contributed by atoms with E-state index in [0.29, 0.717) is 50.5 Å². The predicted molar refractivity (Wildman–Crippen MR) is 178 cm³/mol. The van der Waals surface area contributed by atoms with Crippen LogP contribution in [0.15, 0.2) is 92.9 Å². The zero-order valence-corrected chi connectivity index (χ0v) is 27.6. The molecular formula is C32H26Br2N4O8. The highest BCUT2D eigenvalue weighted by Crippen LogP contribution is 2.33. The maximum Gasteiger partial charge on any atom is 0.343 e. The first-order chi connectivity index (χ1) is 22.1. The number of hydrazone groups is 1. The Hall–Kier alpha value is -5.08. The van der Waals surface area contributed by atoms with Gasteiger partial charge in [-0.3, -0.25) is 19.7 Å². The van der Waals surface area contributed by atoms with E-state index in [4.69, 9.17) is 14.2 Å². The maximum absolute atomic E-state index is 12.9. The van der Waals surface area contributed by atoms with Crippen molar-refractivity contribution < 1.29 is 33.5 Å². The van der Waals surface area contributed by atoms with Crippen LogP contribution in [0.3, 0.4) is 0 Å². The Morgan fingerprint density at radius 2 is 1.52 bits per heavy atom. The molecule has 0 spiro atoms. The Bertz CT molecular complexity index is 1810. The van der Waals surface area contributed by atoms with E-state index in [1.54, 1.807) is 48.5 Å². The largest absolute Gasteiger partial charge is 0.490 e. The first kappa shape index (κ1) is 33.8. The van der Waals surface area contributed by atoms with Crippen molar-refractivity contribution in [2.24, 2.45) is 5.10 Å². The van der Waals surface area contributed by atoms with E-state index in [0.717, 1.165) is 0 Å². The highest BCUT2D eigenvalue weighted by molar-refractivity contribution is 9.11. The van der Waals surface area contributed by atoms with Crippen LogP contribution < -0.4 is 25.0 Å². The van der Waals surface area contributed by atoms with Crippen molar-refractivity contribution in [3.8, 4) is 17.2 Å². The van der Waals surface area contributed by atoms with Gasteiger partial charge in [0.15, 0.2) is 17.2 Å². The number of halogens is 2. The molecule has 12 nitrogen and oxygen atoms in total. The fourth-order valence-corrected chi connectivity index (χ4v) is 5.35. The average molecular weight is 754 g/mol. The average Bonchev–Trinajstić information content (AvgIpc) is 3.03. The van der Waals surface area contributed by atoms with Crippen LogP contribution in [-0.2, 0) is 0 Å². The van der Waals surface area contributed by atoms with Gasteiger partial charge in [0, 0.05) is 39.0 Å². The van der Waals surface area contributed by atoms with Crippen molar-refractivity contribution in [3.05, 3.63) is 120 Å². The number of non-ortho nitro benzene ring substituents is 1. The van der Waals surface area contributed by atoms with E-state index in [1.165, 1.54) is 36.5 Å². The van der Waals surface area contributed by atoms with Crippen molar-refractivity contribution in [2.45, 2.75) is 13.8 Å². The van der Waals surface area contributed by atoms with Gasteiger partial charge >= 0.3 is 5.97 Å². The molecule has 0 heterocycles. The van der Waals surface area contributed by atoms with E-state index in [9.17, 15) is 24.5 Å². The third kappa shape index (κ3) is 8.76. The molecular weight excluding hydrogens is 728 g/mol. The zero-order chi connectivity index (χ0) is 33.2. The molecule has 0 aliphatic heterocycles. The number of nitrogens with zero attached hydrogens (tertiary/aromatic N) is 2. The summed E-state index contributed by atoms with van der Waals surface area (Å²) in [6, 6.07) is 19.4. The molecule has 0 radical (unpaired) electrons. The maximum atomic E-state index is 12.9. The normalized spacial score (nSPS) is 10.7. The fourth-order valence-electron chi connectivity index (χ4n) is 4.01. The number of carbonyl (C=O) groups excluding carboxylic acids is 3. The van der Waals surface area contributed by atoms with Gasteiger partial charge in [0.1, 0.15) is 0 Å². The molecule has 0 saturated carbocycles. The number of nitrogens with one attached hydrogen (secondary N) is 2. The molecule has 0 fully saturated rings. The van der Waals surface area contributed by atoms with E-state index in [1.807, 2.05) is 13.8 Å². The lowest BCUT2D eigenvalue weighted by atomic mass is 10.1. The summed E-state index contributed by atoms with van der Waals surface area (Å²) in [4.78, 5) is 48.9. The molecule has 0 bridgehead atoms. The van der Waals surface area contributed by atoms with Crippen molar-refractivity contribution in [1.29, 1.82) is 0 Å². The molecule has 0 atom stereocenters. The van der Waals surface area contributed by atoms with Gasteiger partial charge in [0.25, 0.3) is 17.5 Å². The van der Waals surface area contributed by atoms with Crippen LogP contribution in [0.2, 0.25) is 0 Å². The van der Waals surface area contributed by atoms with Gasteiger partial charge < -0.3 is 19.5 Å². The summed E-state index contributed by atoms with van der Waals surface area (Å²) in [6.45, 7) is 4.53. The summed E-state index contributed by atoms with van der Waals surface area (Å²) in [5, 5.41) is 17.7. The van der Waals surface area contributed by atoms with Gasteiger partial charge in [-0.1, -0.05) is 22.0 Å². The second-order valence-corrected chi connectivity index (χ2v) is 11.0. The second kappa shape index (κ2) is 15.8. The number of benzene rings is 4. The molecule has 0 aliphatic carbocycles. The number of nitro groups is 1. The van der Waals surface area contributed by atoms with Crippen LogP contribution in [0.4, 0.5) is 11.4 Å². The number of hydrogen-bond donors (Lipinski definition) is 2. The van der Waals surface area contributed by atoms with Crippen molar-refractivity contribution in [3.63, 3.8) is 0 Å². The van der Waals surface area contributed by atoms with E-state index >= 15 is 0 Å². The lowest BCUT2D eigenvalue weighted by Gasteiger charge is -2.13. The van der Waals surface area contributed by atoms with Gasteiger partial charge in [-0.05, 0) is 90.4 Å². The van der Waals surface area contributed by atoms with Crippen LogP contribution in [-0.4, -0.2) is 42.1 Å². The summed E-state index contributed by atoms with van der Waals surface area (Å²) in [7, 11) is 0. The summed E-state index contributed by atoms with van der Waals surface area (Å²) in [5.74, 6) is -0.637. The number of rotatable bonds is 12. The fraction of sp³-hybridized carbons (Fsp3) is 0.125. The Kier molecular flexibility index (Phi) is 11.6. The zero-order valence-electron chi connectivity index (χ0n) is 24.4. The minimum atomic E-state index is -0.755. The van der Waals surface area contributed by atoms with Crippen LogP contribution in [0.5, 0.6) is 17.2 Å². The molecule has 46 heavy (non-hydrogen) atoms. The number of anilines is 1. The minimum Gasteiger partial charge on any atom is -0.490 e. The van der Waals surface area contributed by atoms with E-state index in [-0.39, 0.29) is 22.6 Å². The number of carbonyl (C=O) groups is 3. The summed E-state index contributed by atoms with van der Waals surface area (Å²) >= 11 is 6.73. The SMILES string of the molecule is CCOc1ccc(C(=O)Nc2cccc(C(=O)NN=Cc3cc(Br)cc(Br)c3OC(=O)c3ccc([N+](=O)[O-])cc3)c2)cc1OCC. The van der Waals surface area contributed by atoms with Crippen LogP contribution in [0.25, 0.3) is 0 Å². The van der Waals surface area contributed by atoms with Crippen LogP contribution in [0.1, 0.15) is 50.5 Å². The molecule has 4 rings (SSSR count). The highest BCUT2D eigenvalue weighted by atomic mass is 79.9. The third-order valence-corrected chi connectivity index (χ3v) is 7.15. The van der Waals surface area contributed by atoms with Gasteiger partial charge in [-0.25, -0.2) is 10.2 Å². The molecule has 0 unspecified atom stereocenters. The van der Waals surface area contributed by atoms with Crippen molar-refractivity contribution in [2.75, 3.05) is 18.5 Å². The Balaban J connectivity index is 1.45. The minimum absolute atomic E-state index is 0.0980. The Morgan fingerprint density at radius 1 is 0.848 bits per heavy atom. The monoisotopic (exact) mass is 752 g/mol. The predicted octanol–water partition coefficient (Wildman–Crippen LogP) is 7.15. The van der Waals surface area contributed by atoms with Crippen molar-refractivity contribution in [1.82, 2.24) is 5.43 Å². The molecule has 0 aliphatic rings. The second-order valence-electron chi connectivity index (χ2n) is 9.26. The lowest BCUT2D eigenvalue weighted by molar-refractivity contribution is -0.384. The lowest BCUT2D eigenvalue weighted by Crippen LogP contribution is -2.18. The number of nitro benzene ring substituents is 1. The Morgan fingerprint density at radius 3 is 2.22 bits per heavy atom. The van der Waals surface area contributed by atoms with Gasteiger partial charge in [0.05, 0.1) is 34.4 Å². The highest BCUT2D eigenvalue weighted by Gasteiger charge is 2.17. The van der Waals surface area contributed by atoms with Gasteiger partial charge in [-0.15, -0.1) is 0 Å². The standard InChI is InChI=1S/C32H26Br2N4O8/c1-3-44-27-13-10-21(16-28(27)45-4-2)30(39)36-24-7-5-6-20(15-24)31(40)37-35-18-22-14-23(33)17-26(34)29(22)46-32(41)19-8-11-25(12-9-19)38(42)43/h5-18H,3-4H2,1-2H3,(H,36,39)(H,37,40). The topological polar surface area (TPSA) is 158 Å². The molecule has 236 valence electrons. The van der Waals surface area contributed by atoms with E-state index in [2.05, 4.69) is 47.7 Å². The molecule has 4 aromatic carbocycles. The smallest absolute Gasteiger partial charge is 0.343 e. The summed E-state index contributed by atoms with van der Waals surface area (Å²) < 4.78 is 17.7. The molecule has 2 amide bonds. The number of amides is 2. The van der Waals surface area contributed by atoms with Crippen LogP contribution in [0, 0.1) is 10.1 Å². The molecule has 2 N–H and O–H groups in total. The quantitative estimate of drug-likeness (QED) is 0.0508. The number of esters is 1. The Labute approximate surface area is 280 Å². The molecule has 0 saturated heterocycles. The first-order valence-electron chi connectivity index (χ1n) is 13.7. The van der Waals surface area contributed by atoms with E-state index < -0.39 is 22.7 Å². The molecule has 14 heteroatoms. The molecule has 0 aromatic heterocycles. The van der Waals surface area contributed by atoms with Gasteiger partial charge in [0.2, 0.25) is 0 Å². The first-order valence-corrected chi connectivity index (χ1v) is 15.3. The summed E-state index contributed by atoms with van der Waals surface area (Å²) in [5.41, 5.74) is 3.63. The number of hydrogen-bond acceptors (Lipinski definition) is 9.